The Labute approximate surface area is 97.8 Å². The third-order valence-electron chi connectivity index (χ3n) is 1.95. The van der Waals surface area contributed by atoms with Gasteiger partial charge in [-0.15, -0.1) is 0 Å². The SMILES string of the molecule is CCOCC(=O)Nc1ccc(C(=O)O)c(O)c1. The molecule has 1 amide bonds. The fourth-order valence-corrected chi connectivity index (χ4v) is 1.18. The Morgan fingerprint density at radius 2 is 2.12 bits per heavy atom. The van der Waals surface area contributed by atoms with E-state index in [9.17, 15) is 14.7 Å². The van der Waals surface area contributed by atoms with Crippen LogP contribution >= 0.6 is 0 Å². The van der Waals surface area contributed by atoms with Gasteiger partial charge in [0.1, 0.15) is 17.9 Å². The Morgan fingerprint density at radius 1 is 1.41 bits per heavy atom. The lowest BCUT2D eigenvalue weighted by Crippen LogP contribution is -2.18. The summed E-state index contributed by atoms with van der Waals surface area (Å²) in [6.07, 6.45) is 0. The van der Waals surface area contributed by atoms with Crippen molar-refractivity contribution in [3.8, 4) is 5.75 Å². The predicted octanol–water partition coefficient (Wildman–Crippen LogP) is 1.07. The topological polar surface area (TPSA) is 95.9 Å². The third kappa shape index (κ3) is 3.76. The van der Waals surface area contributed by atoms with Crippen LogP contribution in [0.4, 0.5) is 5.69 Å². The summed E-state index contributed by atoms with van der Waals surface area (Å²) in [6, 6.07) is 3.79. The first-order valence-electron chi connectivity index (χ1n) is 4.98. The Bertz CT molecular complexity index is 430. The molecule has 3 N–H and O–H groups in total. The van der Waals surface area contributed by atoms with E-state index in [1.807, 2.05) is 0 Å². The predicted molar refractivity (Wildman–Crippen MR) is 60.2 cm³/mol. The summed E-state index contributed by atoms with van der Waals surface area (Å²) in [4.78, 5) is 21.9. The Balaban J connectivity index is 2.70. The average molecular weight is 239 g/mol. The monoisotopic (exact) mass is 239 g/mol. The summed E-state index contributed by atoms with van der Waals surface area (Å²) in [5, 5.41) is 20.5. The molecule has 0 radical (unpaired) electrons. The molecule has 0 aliphatic carbocycles. The second-order valence-corrected chi connectivity index (χ2v) is 3.22. The maximum Gasteiger partial charge on any atom is 0.339 e. The van der Waals surface area contributed by atoms with Crippen LogP contribution in [0.1, 0.15) is 17.3 Å². The Kier molecular flexibility index (Phi) is 4.47. The highest BCUT2D eigenvalue weighted by Gasteiger charge is 2.10. The fourth-order valence-electron chi connectivity index (χ4n) is 1.18. The number of amides is 1. The maximum absolute atomic E-state index is 11.3. The first-order valence-corrected chi connectivity index (χ1v) is 4.98. The summed E-state index contributed by atoms with van der Waals surface area (Å²) in [7, 11) is 0. The largest absolute Gasteiger partial charge is 0.507 e. The Hall–Kier alpha value is -2.08. The second-order valence-electron chi connectivity index (χ2n) is 3.22. The van der Waals surface area contributed by atoms with Crippen LogP contribution in [0, 0.1) is 0 Å². The highest BCUT2D eigenvalue weighted by atomic mass is 16.5. The molecule has 17 heavy (non-hydrogen) atoms. The van der Waals surface area contributed by atoms with Crippen LogP contribution in [0.2, 0.25) is 0 Å². The molecule has 1 aromatic rings. The van der Waals surface area contributed by atoms with Crippen molar-refractivity contribution in [2.24, 2.45) is 0 Å². The van der Waals surface area contributed by atoms with Crippen molar-refractivity contribution >= 4 is 17.6 Å². The molecule has 1 rings (SSSR count). The molecule has 6 nitrogen and oxygen atoms in total. The standard InChI is InChI=1S/C11H13NO5/c1-2-17-6-10(14)12-7-3-4-8(11(15)16)9(13)5-7/h3-5,13H,2,6H2,1H3,(H,12,14)(H,15,16). The number of rotatable bonds is 5. The first-order chi connectivity index (χ1) is 8.04. The van der Waals surface area contributed by atoms with Crippen molar-refractivity contribution in [3.63, 3.8) is 0 Å². The molecule has 0 heterocycles. The van der Waals surface area contributed by atoms with Gasteiger partial charge in [0.25, 0.3) is 0 Å². The highest BCUT2D eigenvalue weighted by molar-refractivity contribution is 5.94. The zero-order chi connectivity index (χ0) is 12.8. The number of aromatic carboxylic acids is 1. The molecular formula is C11H13NO5. The number of carboxylic acids is 1. The summed E-state index contributed by atoms with van der Waals surface area (Å²) < 4.78 is 4.89. The minimum Gasteiger partial charge on any atom is -0.507 e. The van der Waals surface area contributed by atoms with Gasteiger partial charge in [0.05, 0.1) is 0 Å². The van der Waals surface area contributed by atoms with Gasteiger partial charge < -0.3 is 20.3 Å². The zero-order valence-electron chi connectivity index (χ0n) is 9.27. The molecule has 0 spiro atoms. The van der Waals surface area contributed by atoms with Crippen LogP contribution in [0.15, 0.2) is 18.2 Å². The number of benzene rings is 1. The van der Waals surface area contributed by atoms with Crippen molar-refractivity contribution in [1.82, 2.24) is 0 Å². The van der Waals surface area contributed by atoms with Gasteiger partial charge in [-0.05, 0) is 19.1 Å². The van der Waals surface area contributed by atoms with Crippen LogP contribution < -0.4 is 5.32 Å². The number of carbonyl (C=O) groups excluding carboxylic acids is 1. The van der Waals surface area contributed by atoms with Gasteiger partial charge in [-0.2, -0.15) is 0 Å². The number of carbonyl (C=O) groups is 2. The van der Waals surface area contributed by atoms with E-state index in [-0.39, 0.29) is 18.1 Å². The summed E-state index contributed by atoms with van der Waals surface area (Å²) >= 11 is 0. The molecule has 1 aromatic carbocycles. The van der Waals surface area contributed by atoms with E-state index in [1.165, 1.54) is 18.2 Å². The van der Waals surface area contributed by atoms with Gasteiger partial charge in [-0.25, -0.2) is 4.79 Å². The Morgan fingerprint density at radius 3 is 2.65 bits per heavy atom. The quantitative estimate of drug-likeness (QED) is 0.714. The number of aromatic hydroxyl groups is 1. The minimum absolute atomic E-state index is 0.0854. The van der Waals surface area contributed by atoms with Gasteiger partial charge in [0, 0.05) is 18.4 Å². The van der Waals surface area contributed by atoms with Crippen LogP contribution in [0.25, 0.3) is 0 Å². The molecule has 0 saturated carbocycles. The highest BCUT2D eigenvalue weighted by Crippen LogP contribution is 2.21. The van der Waals surface area contributed by atoms with Gasteiger partial charge >= 0.3 is 5.97 Å². The van der Waals surface area contributed by atoms with Crippen LogP contribution in [0.5, 0.6) is 5.75 Å². The van der Waals surface area contributed by atoms with Crippen molar-refractivity contribution in [3.05, 3.63) is 23.8 Å². The van der Waals surface area contributed by atoms with Crippen molar-refractivity contribution in [2.45, 2.75) is 6.92 Å². The van der Waals surface area contributed by atoms with Gasteiger partial charge in [0.15, 0.2) is 0 Å². The van der Waals surface area contributed by atoms with Gasteiger partial charge in [0.2, 0.25) is 5.91 Å². The van der Waals surface area contributed by atoms with E-state index in [4.69, 9.17) is 9.84 Å². The van der Waals surface area contributed by atoms with E-state index in [2.05, 4.69) is 5.32 Å². The summed E-state index contributed by atoms with van der Waals surface area (Å²) in [5.74, 6) is -1.99. The number of ether oxygens (including phenoxy) is 1. The van der Waals surface area contributed by atoms with E-state index < -0.39 is 11.7 Å². The molecule has 0 saturated heterocycles. The molecule has 0 aliphatic heterocycles. The van der Waals surface area contributed by atoms with Crippen LogP contribution in [-0.2, 0) is 9.53 Å². The van der Waals surface area contributed by atoms with E-state index in [0.29, 0.717) is 12.3 Å². The smallest absolute Gasteiger partial charge is 0.339 e. The van der Waals surface area contributed by atoms with Crippen LogP contribution in [-0.4, -0.2) is 35.3 Å². The van der Waals surface area contributed by atoms with E-state index in [1.54, 1.807) is 6.92 Å². The molecule has 92 valence electrons. The molecule has 0 aliphatic rings. The maximum atomic E-state index is 11.3. The number of phenols is 1. The lowest BCUT2D eigenvalue weighted by molar-refractivity contribution is -0.120. The number of nitrogens with one attached hydrogen (secondary N) is 1. The van der Waals surface area contributed by atoms with Crippen LogP contribution in [0.3, 0.4) is 0 Å². The van der Waals surface area contributed by atoms with Crippen molar-refractivity contribution < 1.29 is 24.5 Å². The lowest BCUT2D eigenvalue weighted by atomic mass is 10.2. The second kappa shape index (κ2) is 5.86. The molecular weight excluding hydrogens is 226 g/mol. The number of hydrogen-bond donors (Lipinski definition) is 3. The van der Waals surface area contributed by atoms with Crippen molar-refractivity contribution in [1.29, 1.82) is 0 Å². The molecule has 0 unspecified atom stereocenters. The number of carboxylic acid groups (broad SMARTS) is 1. The van der Waals surface area contributed by atoms with E-state index in [0.717, 1.165) is 0 Å². The molecule has 0 aromatic heterocycles. The normalized spacial score (nSPS) is 9.94. The summed E-state index contributed by atoms with van der Waals surface area (Å²) in [6.45, 7) is 2.11. The number of anilines is 1. The first kappa shape index (κ1) is 13.0. The molecule has 0 fully saturated rings. The van der Waals surface area contributed by atoms with Crippen molar-refractivity contribution in [2.75, 3.05) is 18.5 Å². The summed E-state index contributed by atoms with van der Waals surface area (Å²) in [5.41, 5.74) is 0.102. The van der Waals surface area contributed by atoms with Gasteiger partial charge in [-0.1, -0.05) is 0 Å². The average Bonchev–Trinajstić information content (AvgIpc) is 2.26. The molecule has 0 atom stereocenters. The number of hydrogen-bond acceptors (Lipinski definition) is 4. The van der Waals surface area contributed by atoms with Gasteiger partial charge in [-0.3, -0.25) is 4.79 Å². The lowest BCUT2D eigenvalue weighted by Gasteiger charge is -2.06. The van der Waals surface area contributed by atoms with E-state index >= 15 is 0 Å². The zero-order valence-corrected chi connectivity index (χ0v) is 9.27. The fraction of sp³-hybridized carbons (Fsp3) is 0.273. The third-order valence-corrected chi connectivity index (χ3v) is 1.95. The molecule has 0 bridgehead atoms. The molecule has 6 heteroatoms. The minimum atomic E-state index is -1.23.